The summed E-state index contributed by atoms with van der Waals surface area (Å²) in [4.78, 5) is 21.0. The number of thiophene rings is 1. The van der Waals surface area contributed by atoms with Crippen molar-refractivity contribution in [2.24, 2.45) is 0 Å². The van der Waals surface area contributed by atoms with Crippen molar-refractivity contribution < 1.29 is 71.2 Å². The number of hydrogen-bond donors (Lipinski definition) is 3. The van der Waals surface area contributed by atoms with Crippen molar-refractivity contribution in [3.63, 3.8) is 0 Å². The summed E-state index contributed by atoms with van der Waals surface area (Å²) >= 11 is 1.01. The van der Waals surface area contributed by atoms with Crippen molar-refractivity contribution in [2.75, 3.05) is 11.5 Å². The van der Waals surface area contributed by atoms with Crippen molar-refractivity contribution in [2.45, 2.75) is 0 Å². The van der Waals surface area contributed by atoms with Crippen molar-refractivity contribution in [3.05, 3.63) is 47.5 Å². The molecule has 4 rings (SSSR count). The number of carboxylic acid groups (broad SMARTS) is 1. The molecular weight excluding hydrogens is 395 g/mol. The molecule has 0 spiro atoms. The number of fused-ring (bicyclic) bond motifs is 1. The first-order chi connectivity index (χ1) is 12.0. The van der Waals surface area contributed by atoms with E-state index in [1.54, 1.807) is 30.3 Å². The van der Waals surface area contributed by atoms with E-state index in [1.807, 2.05) is 6.07 Å². The van der Waals surface area contributed by atoms with Crippen LogP contribution in [-0.4, -0.2) is 26.5 Å². The second kappa shape index (κ2) is 8.48. The zero-order valence-corrected chi connectivity index (χ0v) is 18.1. The number of hydrogen-bond acceptors (Lipinski definition) is 8. The third kappa shape index (κ3) is 3.92. The van der Waals surface area contributed by atoms with Gasteiger partial charge in [-0.2, -0.15) is 0 Å². The summed E-state index contributed by atoms with van der Waals surface area (Å²) in [5.41, 5.74) is 13.9. The van der Waals surface area contributed by atoms with Crippen LogP contribution in [0, 0.1) is 0 Å². The zero-order valence-electron chi connectivity index (χ0n) is 14.2. The number of carbonyl (C=O) groups is 1. The SMILES string of the molecule is Nc1cccc(-c2nc(-c3ccco3)nc3sc(C(=O)O)c(N)c23)c1.[K+].[OH-]. The van der Waals surface area contributed by atoms with Crippen LogP contribution in [0.2, 0.25) is 0 Å². The largest absolute Gasteiger partial charge is 1.00 e. The second-order valence-electron chi connectivity index (χ2n) is 5.33. The zero-order chi connectivity index (χ0) is 17.6. The van der Waals surface area contributed by atoms with Crippen LogP contribution < -0.4 is 62.9 Å². The van der Waals surface area contributed by atoms with Crippen molar-refractivity contribution >= 4 is 38.9 Å². The fraction of sp³-hybridized carbons (Fsp3) is 0. The first kappa shape index (κ1) is 21.5. The average molecular weight is 408 g/mol. The van der Waals surface area contributed by atoms with E-state index in [1.165, 1.54) is 6.26 Å². The van der Waals surface area contributed by atoms with Gasteiger partial charge in [-0.15, -0.1) is 11.3 Å². The summed E-state index contributed by atoms with van der Waals surface area (Å²) in [7, 11) is 0. The Kier molecular flexibility index (Phi) is 6.75. The van der Waals surface area contributed by atoms with Crippen molar-refractivity contribution in [1.82, 2.24) is 9.97 Å². The molecular formula is C17H13KN4O4S. The molecule has 0 aliphatic carbocycles. The molecule has 0 atom stereocenters. The van der Waals surface area contributed by atoms with Crippen LogP contribution in [0.5, 0.6) is 0 Å². The summed E-state index contributed by atoms with van der Waals surface area (Å²) in [6.07, 6.45) is 1.52. The fourth-order valence-corrected chi connectivity index (χ4v) is 3.53. The maximum atomic E-state index is 11.5. The molecule has 8 nitrogen and oxygen atoms in total. The Morgan fingerprint density at radius 2 is 1.93 bits per heavy atom. The quantitative estimate of drug-likeness (QED) is 0.323. The van der Waals surface area contributed by atoms with Gasteiger partial charge in [-0.1, -0.05) is 12.1 Å². The smallest absolute Gasteiger partial charge is 0.870 e. The molecule has 0 bridgehead atoms. The fourth-order valence-electron chi connectivity index (χ4n) is 2.59. The molecule has 0 saturated heterocycles. The van der Waals surface area contributed by atoms with Crippen LogP contribution in [0.3, 0.4) is 0 Å². The topological polar surface area (TPSA) is 158 Å². The summed E-state index contributed by atoms with van der Waals surface area (Å²) in [6, 6.07) is 10.6. The predicted octanol–water partition coefficient (Wildman–Crippen LogP) is 0.308. The third-order valence-corrected chi connectivity index (χ3v) is 4.77. The molecule has 0 unspecified atom stereocenters. The summed E-state index contributed by atoms with van der Waals surface area (Å²) in [5.74, 6) is -0.261. The van der Waals surface area contributed by atoms with E-state index in [0.717, 1.165) is 16.9 Å². The van der Waals surface area contributed by atoms with Crippen molar-refractivity contribution in [3.8, 4) is 22.8 Å². The Morgan fingerprint density at radius 1 is 1.15 bits per heavy atom. The maximum Gasteiger partial charge on any atom is 1.00 e. The van der Waals surface area contributed by atoms with E-state index in [0.29, 0.717) is 33.2 Å². The van der Waals surface area contributed by atoms with Crippen LogP contribution in [0.25, 0.3) is 33.1 Å². The van der Waals surface area contributed by atoms with Gasteiger partial charge in [-0.25, -0.2) is 14.8 Å². The molecule has 1 aromatic carbocycles. The number of nitrogen functional groups attached to an aromatic ring is 2. The number of aromatic carboxylic acids is 1. The van der Waals surface area contributed by atoms with Crippen LogP contribution in [0.1, 0.15) is 9.67 Å². The Labute approximate surface area is 200 Å². The van der Waals surface area contributed by atoms with Gasteiger partial charge in [-0.3, -0.25) is 0 Å². The van der Waals surface area contributed by atoms with Gasteiger partial charge >= 0.3 is 57.4 Å². The molecule has 0 saturated carbocycles. The van der Waals surface area contributed by atoms with Gasteiger partial charge in [0.2, 0.25) is 0 Å². The van der Waals surface area contributed by atoms with E-state index in [4.69, 9.17) is 15.9 Å². The molecule has 0 fully saturated rings. The van der Waals surface area contributed by atoms with Crippen LogP contribution in [0.15, 0.2) is 47.1 Å². The summed E-state index contributed by atoms with van der Waals surface area (Å²) in [5, 5.41) is 9.87. The van der Waals surface area contributed by atoms with E-state index in [2.05, 4.69) is 9.97 Å². The van der Waals surface area contributed by atoms with E-state index >= 15 is 0 Å². The van der Waals surface area contributed by atoms with Gasteiger partial charge in [0.25, 0.3) is 0 Å². The Morgan fingerprint density at radius 3 is 2.56 bits per heavy atom. The number of furan rings is 1. The van der Waals surface area contributed by atoms with E-state index in [9.17, 15) is 9.90 Å². The summed E-state index contributed by atoms with van der Waals surface area (Å²) in [6.45, 7) is 0. The van der Waals surface area contributed by atoms with Gasteiger partial charge in [0.1, 0.15) is 9.71 Å². The van der Waals surface area contributed by atoms with Gasteiger partial charge in [0, 0.05) is 11.3 Å². The maximum absolute atomic E-state index is 11.5. The molecule has 4 aromatic rings. The van der Waals surface area contributed by atoms with E-state index < -0.39 is 5.97 Å². The Balaban J connectivity index is 0.00000131. The monoisotopic (exact) mass is 408 g/mol. The van der Waals surface area contributed by atoms with Gasteiger partial charge in [-0.05, 0) is 24.3 Å². The van der Waals surface area contributed by atoms with Crippen LogP contribution in [0.4, 0.5) is 11.4 Å². The predicted molar refractivity (Wildman–Crippen MR) is 98.3 cm³/mol. The average Bonchev–Trinajstić information content (AvgIpc) is 3.22. The molecule has 3 aromatic heterocycles. The Bertz CT molecular complexity index is 1110. The number of carboxylic acids is 1. The molecule has 0 radical (unpaired) electrons. The third-order valence-electron chi connectivity index (χ3n) is 3.68. The van der Waals surface area contributed by atoms with Crippen LogP contribution >= 0.6 is 11.3 Å². The van der Waals surface area contributed by atoms with Crippen LogP contribution in [-0.2, 0) is 0 Å². The number of nitrogens with zero attached hydrogens (tertiary/aromatic N) is 2. The van der Waals surface area contributed by atoms with Gasteiger partial charge < -0.3 is 26.5 Å². The Hall–Kier alpha value is -1.79. The second-order valence-corrected chi connectivity index (χ2v) is 6.33. The minimum atomic E-state index is -1.10. The molecule has 132 valence electrons. The van der Waals surface area contributed by atoms with Crippen molar-refractivity contribution in [1.29, 1.82) is 0 Å². The first-order valence-corrected chi connectivity index (χ1v) is 8.09. The molecule has 6 N–H and O–H groups in total. The normalized spacial score (nSPS) is 10.2. The standard InChI is InChI=1S/C17H12N4O3S.K.H2O/c18-9-4-1-3-8(7-9)13-11-12(19)14(17(22)23)25-16(11)21-15(20-13)10-5-2-6-24-10;;/h1-7H,18-19H2,(H,22,23);;1H2/q;+1;/p-1. The number of nitrogens with two attached hydrogens (primary N) is 2. The van der Waals surface area contributed by atoms with Gasteiger partial charge in [0.15, 0.2) is 11.6 Å². The molecule has 10 heteroatoms. The minimum absolute atomic E-state index is 0. The van der Waals surface area contributed by atoms with Gasteiger partial charge in [0.05, 0.1) is 23.0 Å². The number of aromatic nitrogens is 2. The molecule has 0 aliphatic rings. The molecule has 0 amide bonds. The molecule has 27 heavy (non-hydrogen) atoms. The summed E-state index contributed by atoms with van der Waals surface area (Å²) < 4.78 is 5.37. The first-order valence-electron chi connectivity index (χ1n) is 7.27. The number of benzene rings is 1. The molecule has 3 heterocycles. The van der Waals surface area contributed by atoms with E-state index in [-0.39, 0.29) is 67.4 Å². The minimum Gasteiger partial charge on any atom is -0.870 e. The number of anilines is 2. The number of rotatable bonds is 3. The molecule has 0 aliphatic heterocycles.